The van der Waals surface area contributed by atoms with Crippen LogP contribution in [0.1, 0.15) is 38.8 Å². The maximum absolute atomic E-state index is 12.5. The van der Waals surface area contributed by atoms with Crippen LogP contribution in [-0.4, -0.2) is 54.2 Å². The Morgan fingerprint density at radius 3 is 2.33 bits per heavy atom. The molecule has 0 saturated carbocycles. The number of fused-ring (bicyclic) bond motifs is 2. The van der Waals surface area contributed by atoms with Crippen LogP contribution < -0.4 is 5.32 Å². The lowest BCUT2D eigenvalue weighted by Gasteiger charge is -2.28. The minimum absolute atomic E-state index is 0.0407. The molecule has 0 fully saturated rings. The van der Waals surface area contributed by atoms with Gasteiger partial charge >= 0.3 is 0 Å². The highest BCUT2D eigenvalue weighted by atomic mass is 32.2. The van der Waals surface area contributed by atoms with E-state index in [0.717, 1.165) is 16.0 Å². The summed E-state index contributed by atoms with van der Waals surface area (Å²) in [5, 5.41) is 2.70. The van der Waals surface area contributed by atoms with Gasteiger partial charge in [-0.3, -0.25) is 19.3 Å². The molecule has 0 unspecified atom stereocenters. The number of nitrogens with zero attached hydrogens (tertiary/aromatic N) is 2. The lowest BCUT2D eigenvalue weighted by Crippen LogP contribution is -2.38. The summed E-state index contributed by atoms with van der Waals surface area (Å²) in [6.07, 6.45) is 0.609. The first kappa shape index (κ1) is 20.2. The Morgan fingerprint density at radius 2 is 1.70 bits per heavy atom. The number of carbonyl (C=O) groups is 3. The number of hydrogen-bond donors (Lipinski definition) is 1. The standard InChI is InChI=1S/C21H21N3O5S/c1-2-30(28,29)23-10-9-14-7-8-16(11-15(14)12-23)22-19(25)13-24-20(26)17-5-3-4-6-18(17)21(24)27/h3-8,11H,2,9-10,12-13H2,1H3,(H,22,25). The van der Waals surface area contributed by atoms with Gasteiger partial charge in [-0.1, -0.05) is 18.2 Å². The Kier molecular flexibility index (Phi) is 5.17. The van der Waals surface area contributed by atoms with Crippen molar-refractivity contribution in [1.29, 1.82) is 0 Å². The van der Waals surface area contributed by atoms with Crippen LogP contribution in [0.3, 0.4) is 0 Å². The first-order valence-corrected chi connectivity index (χ1v) is 11.3. The summed E-state index contributed by atoms with van der Waals surface area (Å²) in [4.78, 5) is 38.2. The maximum Gasteiger partial charge on any atom is 0.262 e. The van der Waals surface area contributed by atoms with Crippen LogP contribution >= 0.6 is 0 Å². The van der Waals surface area contributed by atoms with E-state index in [-0.39, 0.29) is 18.8 Å². The van der Waals surface area contributed by atoms with E-state index in [1.807, 2.05) is 6.07 Å². The minimum Gasteiger partial charge on any atom is -0.325 e. The highest BCUT2D eigenvalue weighted by molar-refractivity contribution is 7.89. The van der Waals surface area contributed by atoms with Gasteiger partial charge in [-0.2, -0.15) is 4.31 Å². The van der Waals surface area contributed by atoms with E-state index < -0.39 is 27.7 Å². The number of sulfonamides is 1. The normalized spacial score (nSPS) is 16.4. The van der Waals surface area contributed by atoms with Gasteiger partial charge in [0.15, 0.2) is 0 Å². The Labute approximate surface area is 174 Å². The van der Waals surface area contributed by atoms with E-state index in [4.69, 9.17) is 0 Å². The molecule has 2 aliphatic heterocycles. The first-order chi connectivity index (χ1) is 14.3. The largest absolute Gasteiger partial charge is 0.325 e. The summed E-state index contributed by atoms with van der Waals surface area (Å²) in [6, 6.07) is 11.8. The number of imide groups is 1. The van der Waals surface area contributed by atoms with Crippen molar-refractivity contribution in [2.45, 2.75) is 19.9 Å². The molecule has 8 nitrogen and oxygen atoms in total. The lowest BCUT2D eigenvalue weighted by molar-refractivity contribution is -0.116. The summed E-state index contributed by atoms with van der Waals surface area (Å²) in [6.45, 7) is 1.92. The van der Waals surface area contributed by atoms with E-state index in [2.05, 4.69) is 5.32 Å². The summed E-state index contributed by atoms with van der Waals surface area (Å²) in [5.74, 6) is -1.44. The summed E-state index contributed by atoms with van der Waals surface area (Å²) >= 11 is 0. The molecule has 2 aromatic rings. The molecular weight excluding hydrogens is 406 g/mol. The molecule has 2 aliphatic rings. The molecule has 0 aliphatic carbocycles. The molecule has 4 rings (SSSR count). The predicted molar refractivity (Wildman–Crippen MR) is 110 cm³/mol. The van der Waals surface area contributed by atoms with Crippen molar-refractivity contribution < 1.29 is 22.8 Å². The Hall–Kier alpha value is -3.04. The Bertz CT molecular complexity index is 1120. The van der Waals surface area contributed by atoms with Crippen LogP contribution in [0.2, 0.25) is 0 Å². The van der Waals surface area contributed by atoms with Crippen molar-refractivity contribution in [3.05, 3.63) is 64.7 Å². The Balaban J connectivity index is 1.46. The predicted octanol–water partition coefficient (Wildman–Crippen LogP) is 1.63. The average Bonchev–Trinajstić information content (AvgIpc) is 2.98. The number of benzene rings is 2. The average molecular weight is 427 g/mol. The van der Waals surface area contributed by atoms with Crippen molar-refractivity contribution in [3.8, 4) is 0 Å². The van der Waals surface area contributed by atoms with Crippen molar-refractivity contribution in [2.75, 3.05) is 24.2 Å². The molecule has 0 spiro atoms. The summed E-state index contributed by atoms with van der Waals surface area (Å²) < 4.78 is 25.8. The minimum atomic E-state index is -3.29. The third-order valence-electron chi connectivity index (χ3n) is 5.41. The molecular formula is C21H21N3O5S. The van der Waals surface area contributed by atoms with Gasteiger partial charge in [-0.05, 0) is 48.7 Å². The number of anilines is 1. The fourth-order valence-corrected chi connectivity index (χ4v) is 4.83. The van der Waals surface area contributed by atoms with E-state index in [1.54, 1.807) is 43.3 Å². The SMILES string of the molecule is CCS(=O)(=O)N1CCc2ccc(NC(=O)CN3C(=O)c4ccccc4C3=O)cc2C1. The van der Waals surface area contributed by atoms with Crippen LogP contribution in [-0.2, 0) is 27.8 Å². The number of hydrogen-bond acceptors (Lipinski definition) is 5. The zero-order valence-electron chi connectivity index (χ0n) is 16.4. The molecule has 2 heterocycles. The van der Waals surface area contributed by atoms with Gasteiger partial charge in [0, 0.05) is 18.8 Å². The van der Waals surface area contributed by atoms with E-state index in [9.17, 15) is 22.8 Å². The van der Waals surface area contributed by atoms with Gasteiger partial charge in [0.05, 0.1) is 16.9 Å². The highest BCUT2D eigenvalue weighted by Crippen LogP contribution is 2.25. The van der Waals surface area contributed by atoms with Gasteiger partial charge in [0.25, 0.3) is 11.8 Å². The molecule has 0 atom stereocenters. The van der Waals surface area contributed by atoms with E-state index >= 15 is 0 Å². The van der Waals surface area contributed by atoms with Gasteiger partial charge in [0.2, 0.25) is 15.9 Å². The number of rotatable bonds is 5. The van der Waals surface area contributed by atoms with Gasteiger partial charge in [0.1, 0.15) is 6.54 Å². The van der Waals surface area contributed by atoms with Crippen LogP contribution in [0.25, 0.3) is 0 Å². The fourth-order valence-electron chi connectivity index (χ4n) is 3.76. The van der Waals surface area contributed by atoms with Crippen LogP contribution in [0.15, 0.2) is 42.5 Å². The molecule has 156 valence electrons. The van der Waals surface area contributed by atoms with Gasteiger partial charge in [-0.25, -0.2) is 8.42 Å². The first-order valence-electron chi connectivity index (χ1n) is 9.65. The fraction of sp³-hybridized carbons (Fsp3) is 0.286. The zero-order valence-corrected chi connectivity index (χ0v) is 17.2. The topological polar surface area (TPSA) is 104 Å². The van der Waals surface area contributed by atoms with Crippen molar-refractivity contribution in [2.24, 2.45) is 0 Å². The second kappa shape index (κ2) is 7.66. The van der Waals surface area contributed by atoms with Gasteiger partial charge < -0.3 is 5.32 Å². The molecule has 9 heteroatoms. The molecule has 3 amide bonds. The highest BCUT2D eigenvalue weighted by Gasteiger charge is 2.36. The zero-order chi connectivity index (χ0) is 21.5. The second-order valence-electron chi connectivity index (χ2n) is 7.26. The summed E-state index contributed by atoms with van der Waals surface area (Å²) in [7, 11) is -3.29. The summed E-state index contributed by atoms with van der Waals surface area (Å²) in [5.41, 5.74) is 2.95. The molecule has 0 aromatic heterocycles. The lowest BCUT2D eigenvalue weighted by atomic mass is 10.0. The van der Waals surface area contributed by atoms with Gasteiger partial charge in [-0.15, -0.1) is 0 Å². The number of carbonyl (C=O) groups excluding carboxylic acids is 3. The molecule has 0 radical (unpaired) electrons. The molecule has 0 saturated heterocycles. The molecule has 2 aromatic carbocycles. The maximum atomic E-state index is 12.5. The van der Waals surface area contributed by atoms with E-state index in [1.165, 1.54) is 4.31 Å². The molecule has 1 N–H and O–H groups in total. The number of nitrogens with one attached hydrogen (secondary N) is 1. The van der Waals surface area contributed by atoms with Crippen LogP contribution in [0, 0.1) is 0 Å². The van der Waals surface area contributed by atoms with Crippen molar-refractivity contribution >= 4 is 33.4 Å². The van der Waals surface area contributed by atoms with Crippen LogP contribution in [0.4, 0.5) is 5.69 Å². The third-order valence-corrected chi connectivity index (χ3v) is 7.23. The van der Waals surface area contributed by atoms with Crippen molar-refractivity contribution in [3.63, 3.8) is 0 Å². The van der Waals surface area contributed by atoms with E-state index in [0.29, 0.717) is 29.8 Å². The second-order valence-corrected chi connectivity index (χ2v) is 9.52. The third kappa shape index (κ3) is 3.61. The monoisotopic (exact) mass is 427 g/mol. The molecule has 0 bridgehead atoms. The number of amides is 3. The smallest absolute Gasteiger partial charge is 0.262 e. The quantitative estimate of drug-likeness (QED) is 0.731. The van der Waals surface area contributed by atoms with Crippen molar-refractivity contribution in [1.82, 2.24) is 9.21 Å². The molecule has 30 heavy (non-hydrogen) atoms. The van der Waals surface area contributed by atoms with Crippen LogP contribution in [0.5, 0.6) is 0 Å². The Morgan fingerprint density at radius 1 is 1.03 bits per heavy atom.